The minimum Gasteiger partial charge on any atom is -0.370 e. The van der Waals surface area contributed by atoms with E-state index in [0.29, 0.717) is 0 Å². The summed E-state index contributed by atoms with van der Waals surface area (Å²) in [7, 11) is 2.03. The van der Waals surface area contributed by atoms with E-state index in [0.717, 1.165) is 29.8 Å². The molecule has 1 atom stereocenters. The van der Waals surface area contributed by atoms with Crippen LogP contribution in [-0.2, 0) is 6.54 Å². The molecule has 3 heteroatoms. The minimum atomic E-state index is -0.200. The standard InChI is InChI=1S/C17H21FN2/c1-3-17(19)14-6-10-16(11-7-14)20(2)12-13-4-8-15(18)9-5-13/h4-11,17H,3,12,19H2,1-2H3/t17-/m0/s1. The Labute approximate surface area is 120 Å². The van der Waals surface area contributed by atoms with Gasteiger partial charge in [-0.3, -0.25) is 0 Å². The van der Waals surface area contributed by atoms with E-state index >= 15 is 0 Å². The van der Waals surface area contributed by atoms with Crippen molar-refractivity contribution >= 4 is 5.69 Å². The number of hydrogen-bond donors (Lipinski definition) is 1. The van der Waals surface area contributed by atoms with Crippen molar-refractivity contribution in [3.05, 3.63) is 65.5 Å². The molecule has 2 nitrogen and oxygen atoms in total. The summed E-state index contributed by atoms with van der Waals surface area (Å²) in [5, 5.41) is 0. The Bertz CT molecular complexity index is 534. The van der Waals surface area contributed by atoms with Crippen LogP contribution < -0.4 is 10.6 Å². The van der Waals surface area contributed by atoms with Crippen molar-refractivity contribution < 1.29 is 4.39 Å². The van der Waals surface area contributed by atoms with E-state index in [4.69, 9.17) is 5.73 Å². The summed E-state index contributed by atoms with van der Waals surface area (Å²) >= 11 is 0. The lowest BCUT2D eigenvalue weighted by Crippen LogP contribution is -2.16. The van der Waals surface area contributed by atoms with Crippen molar-refractivity contribution in [3.63, 3.8) is 0 Å². The highest BCUT2D eigenvalue weighted by Crippen LogP contribution is 2.20. The number of rotatable bonds is 5. The first-order chi connectivity index (χ1) is 9.60. The topological polar surface area (TPSA) is 29.3 Å². The van der Waals surface area contributed by atoms with E-state index in [1.165, 1.54) is 12.1 Å². The normalized spacial score (nSPS) is 12.2. The molecule has 106 valence electrons. The zero-order valence-electron chi connectivity index (χ0n) is 12.0. The first-order valence-corrected chi connectivity index (χ1v) is 6.91. The van der Waals surface area contributed by atoms with Crippen LogP contribution in [0.15, 0.2) is 48.5 Å². The molecule has 0 saturated heterocycles. The maximum Gasteiger partial charge on any atom is 0.123 e. The van der Waals surface area contributed by atoms with E-state index in [-0.39, 0.29) is 11.9 Å². The molecular formula is C17H21FN2. The lowest BCUT2D eigenvalue weighted by Gasteiger charge is -2.20. The number of halogens is 1. The summed E-state index contributed by atoms with van der Waals surface area (Å²) in [6, 6.07) is 15.0. The van der Waals surface area contributed by atoms with Crippen LogP contribution in [-0.4, -0.2) is 7.05 Å². The monoisotopic (exact) mass is 272 g/mol. The third kappa shape index (κ3) is 3.58. The van der Waals surface area contributed by atoms with Gasteiger partial charge in [0.2, 0.25) is 0 Å². The van der Waals surface area contributed by atoms with Crippen molar-refractivity contribution in [3.8, 4) is 0 Å². The van der Waals surface area contributed by atoms with Gasteiger partial charge in [-0.1, -0.05) is 31.2 Å². The van der Waals surface area contributed by atoms with Crippen molar-refractivity contribution in [1.29, 1.82) is 0 Å². The number of nitrogens with zero attached hydrogens (tertiary/aromatic N) is 1. The Hall–Kier alpha value is -1.87. The van der Waals surface area contributed by atoms with E-state index in [1.54, 1.807) is 0 Å². The van der Waals surface area contributed by atoms with Gasteiger partial charge in [0.25, 0.3) is 0 Å². The minimum absolute atomic E-state index is 0.103. The Kier molecular flexibility index (Phi) is 4.74. The van der Waals surface area contributed by atoms with Gasteiger partial charge in [0.1, 0.15) is 5.82 Å². The fourth-order valence-corrected chi connectivity index (χ4v) is 2.17. The van der Waals surface area contributed by atoms with Crippen molar-refractivity contribution in [2.45, 2.75) is 25.9 Å². The fraction of sp³-hybridized carbons (Fsp3) is 0.294. The lowest BCUT2D eigenvalue weighted by molar-refractivity contribution is 0.627. The summed E-state index contributed by atoms with van der Waals surface area (Å²) in [6.45, 7) is 2.83. The van der Waals surface area contributed by atoms with Gasteiger partial charge < -0.3 is 10.6 Å². The second-order valence-corrected chi connectivity index (χ2v) is 5.09. The first kappa shape index (κ1) is 14.5. The predicted octanol–water partition coefficient (Wildman–Crippen LogP) is 3.87. The molecule has 0 amide bonds. The number of hydrogen-bond acceptors (Lipinski definition) is 2. The van der Waals surface area contributed by atoms with E-state index in [9.17, 15) is 4.39 Å². The zero-order valence-corrected chi connectivity index (χ0v) is 12.0. The van der Waals surface area contributed by atoms with Crippen LogP contribution in [0.5, 0.6) is 0 Å². The molecule has 0 aliphatic heterocycles. The SMILES string of the molecule is CC[C@H](N)c1ccc(N(C)Cc2ccc(F)cc2)cc1. The molecule has 0 fully saturated rings. The van der Waals surface area contributed by atoms with E-state index in [1.807, 2.05) is 19.2 Å². The number of nitrogens with two attached hydrogens (primary N) is 1. The molecule has 2 aromatic carbocycles. The Morgan fingerprint density at radius 3 is 2.20 bits per heavy atom. The van der Waals surface area contributed by atoms with E-state index < -0.39 is 0 Å². The summed E-state index contributed by atoms with van der Waals surface area (Å²) < 4.78 is 12.9. The molecular weight excluding hydrogens is 251 g/mol. The van der Waals surface area contributed by atoms with Gasteiger partial charge in [-0.05, 0) is 41.8 Å². The fourth-order valence-electron chi connectivity index (χ4n) is 2.17. The van der Waals surface area contributed by atoms with Crippen LogP contribution in [0.3, 0.4) is 0 Å². The Balaban J connectivity index is 2.05. The average molecular weight is 272 g/mol. The van der Waals surface area contributed by atoms with Crippen molar-refractivity contribution in [2.75, 3.05) is 11.9 Å². The quantitative estimate of drug-likeness (QED) is 0.895. The van der Waals surface area contributed by atoms with Gasteiger partial charge >= 0.3 is 0 Å². The first-order valence-electron chi connectivity index (χ1n) is 6.91. The second-order valence-electron chi connectivity index (χ2n) is 5.09. The maximum atomic E-state index is 12.9. The van der Waals surface area contributed by atoms with Gasteiger partial charge in [0.15, 0.2) is 0 Å². The lowest BCUT2D eigenvalue weighted by atomic mass is 10.1. The average Bonchev–Trinajstić information content (AvgIpc) is 2.49. The molecule has 0 heterocycles. The summed E-state index contributed by atoms with van der Waals surface area (Å²) in [4.78, 5) is 2.13. The third-order valence-corrected chi connectivity index (χ3v) is 3.53. The van der Waals surface area contributed by atoms with Gasteiger partial charge in [-0.2, -0.15) is 0 Å². The third-order valence-electron chi connectivity index (χ3n) is 3.53. The van der Waals surface area contributed by atoms with Gasteiger partial charge in [0.05, 0.1) is 0 Å². The van der Waals surface area contributed by atoms with Crippen LogP contribution in [0, 0.1) is 5.82 Å². The smallest absolute Gasteiger partial charge is 0.123 e. The zero-order chi connectivity index (χ0) is 14.5. The van der Waals surface area contributed by atoms with Crippen molar-refractivity contribution in [2.24, 2.45) is 5.73 Å². The molecule has 0 spiro atoms. The van der Waals surface area contributed by atoms with Crippen LogP contribution in [0.4, 0.5) is 10.1 Å². The number of benzene rings is 2. The summed E-state index contributed by atoms with van der Waals surface area (Å²) in [5.74, 6) is -0.200. The van der Waals surface area contributed by atoms with Gasteiger partial charge in [0, 0.05) is 25.3 Å². The highest BCUT2D eigenvalue weighted by Gasteiger charge is 2.05. The number of anilines is 1. The van der Waals surface area contributed by atoms with Crippen molar-refractivity contribution in [1.82, 2.24) is 0 Å². The highest BCUT2D eigenvalue weighted by molar-refractivity contribution is 5.47. The van der Waals surface area contributed by atoms with Gasteiger partial charge in [-0.15, -0.1) is 0 Å². The van der Waals surface area contributed by atoms with Gasteiger partial charge in [-0.25, -0.2) is 4.39 Å². The molecule has 0 aliphatic carbocycles. The van der Waals surface area contributed by atoms with Crippen LogP contribution in [0.2, 0.25) is 0 Å². The second kappa shape index (κ2) is 6.53. The summed E-state index contributed by atoms with van der Waals surface area (Å²) in [6.07, 6.45) is 0.935. The molecule has 2 N–H and O–H groups in total. The molecule has 0 radical (unpaired) electrons. The Morgan fingerprint density at radius 1 is 1.05 bits per heavy atom. The molecule has 2 aromatic rings. The predicted molar refractivity (Wildman–Crippen MR) is 82.2 cm³/mol. The molecule has 0 aromatic heterocycles. The molecule has 0 bridgehead atoms. The largest absolute Gasteiger partial charge is 0.370 e. The summed E-state index contributed by atoms with van der Waals surface area (Å²) in [5.41, 5.74) is 9.38. The van der Waals surface area contributed by atoms with Crippen LogP contribution >= 0.6 is 0 Å². The van der Waals surface area contributed by atoms with Crippen LogP contribution in [0.25, 0.3) is 0 Å². The van der Waals surface area contributed by atoms with Crippen LogP contribution in [0.1, 0.15) is 30.5 Å². The molecule has 2 rings (SSSR count). The molecule has 0 aliphatic rings. The molecule has 20 heavy (non-hydrogen) atoms. The molecule has 0 saturated carbocycles. The van der Waals surface area contributed by atoms with E-state index in [2.05, 4.69) is 36.1 Å². The highest BCUT2D eigenvalue weighted by atomic mass is 19.1. The maximum absolute atomic E-state index is 12.9. The Morgan fingerprint density at radius 2 is 1.65 bits per heavy atom. The molecule has 0 unspecified atom stereocenters.